The molecule has 17 heavy (non-hydrogen) atoms. The van der Waals surface area contributed by atoms with Gasteiger partial charge in [-0.2, -0.15) is 0 Å². The van der Waals surface area contributed by atoms with Crippen molar-refractivity contribution in [2.45, 2.75) is 26.4 Å². The van der Waals surface area contributed by atoms with Gasteiger partial charge in [0.2, 0.25) is 0 Å². The molecule has 0 aromatic heterocycles. The molecule has 0 heterocycles. The fraction of sp³-hybridized carbons (Fsp3) is 0.538. The normalized spacial score (nSPS) is 14.4. The first-order valence-corrected chi connectivity index (χ1v) is 7.61. The average Bonchev–Trinajstić information content (AvgIpc) is 2.35. The second kappa shape index (κ2) is 7.39. The van der Waals surface area contributed by atoms with Gasteiger partial charge in [-0.05, 0) is 31.0 Å². The highest BCUT2D eigenvalue weighted by atomic mass is 79.9. The molecule has 1 rings (SSSR count). The third-order valence-corrected chi connectivity index (χ3v) is 4.47. The van der Waals surface area contributed by atoms with Gasteiger partial charge in [-0.3, -0.25) is 0 Å². The standard InChI is InChI=1S/C13H19Br2NO/c1-9(7-14)10(2)16-8-11-6-12(15)4-5-13(11)17-3/h4-6,9-10,16H,7-8H2,1-3H3. The molecule has 0 aliphatic rings. The lowest BCUT2D eigenvalue weighted by Gasteiger charge is -2.20. The van der Waals surface area contributed by atoms with Gasteiger partial charge in [0.05, 0.1) is 7.11 Å². The van der Waals surface area contributed by atoms with Crippen molar-refractivity contribution < 1.29 is 4.74 Å². The van der Waals surface area contributed by atoms with Crippen molar-refractivity contribution in [1.29, 1.82) is 0 Å². The van der Waals surface area contributed by atoms with E-state index >= 15 is 0 Å². The predicted molar refractivity (Wildman–Crippen MR) is 80.0 cm³/mol. The quantitative estimate of drug-likeness (QED) is 0.771. The van der Waals surface area contributed by atoms with Crippen LogP contribution in [0.3, 0.4) is 0 Å². The van der Waals surface area contributed by atoms with Crippen LogP contribution in [0.25, 0.3) is 0 Å². The molecule has 4 heteroatoms. The lowest BCUT2D eigenvalue weighted by Crippen LogP contribution is -2.32. The van der Waals surface area contributed by atoms with E-state index in [4.69, 9.17) is 4.74 Å². The Morgan fingerprint density at radius 1 is 1.35 bits per heavy atom. The van der Waals surface area contributed by atoms with Crippen molar-refractivity contribution in [2.75, 3.05) is 12.4 Å². The molecule has 0 radical (unpaired) electrons. The molecular formula is C13H19Br2NO. The van der Waals surface area contributed by atoms with Crippen molar-refractivity contribution in [3.63, 3.8) is 0 Å². The smallest absolute Gasteiger partial charge is 0.123 e. The summed E-state index contributed by atoms with van der Waals surface area (Å²) < 4.78 is 6.43. The van der Waals surface area contributed by atoms with E-state index in [2.05, 4.69) is 57.1 Å². The van der Waals surface area contributed by atoms with E-state index in [1.54, 1.807) is 7.11 Å². The van der Waals surface area contributed by atoms with Crippen LogP contribution in [0.5, 0.6) is 5.75 Å². The number of benzene rings is 1. The molecule has 0 aliphatic carbocycles. The summed E-state index contributed by atoms with van der Waals surface area (Å²) in [5, 5.41) is 4.53. The zero-order valence-electron chi connectivity index (χ0n) is 10.5. The fourth-order valence-electron chi connectivity index (χ4n) is 1.49. The highest BCUT2D eigenvalue weighted by molar-refractivity contribution is 9.10. The molecular weight excluding hydrogens is 346 g/mol. The number of rotatable bonds is 6. The molecule has 1 aromatic carbocycles. The summed E-state index contributed by atoms with van der Waals surface area (Å²) in [5.74, 6) is 1.53. The first kappa shape index (κ1) is 15.0. The second-order valence-electron chi connectivity index (χ2n) is 4.26. The Labute approximate surface area is 120 Å². The number of alkyl halides is 1. The Kier molecular flexibility index (Phi) is 6.52. The summed E-state index contributed by atoms with van der Waals surface area (Å²) in [5.41, 5.74) is 1.18. The number of hydrogen-bond donors (Lipinski definition) is 1. The summed E-state index contributed by atoms with van der Waals surface area (Å²) >= 11 is 6.99. The number of ether oxygens (including phenoxy) is 1. The number of methoxy groups -OCH3 is 1. The van der Waals surface area contributed by atoms with E-state index in [0.717, 1.165) is 22.1 Å². The van der Waals surface area contributed by atoms with Crippen LogP contribution in [-0.4, -0.2) is 18.5 Å². The van der Waals surface area contributed by atoms with Gasteiger partial charge < -0.3 is 10.1 Å². The van der Waals surface area contributed by atoms with E-state index in [9.17, 15) is 0 Å². The minimum Gasteiger partial charge on any atom is -0.496 e. The summed E-state index contributed by atoms with van der Waals surface area (Å²) in [6, 6.07) is 6.54. The highest BCUT2D eigenvalue weighted by Gasteiger charge is 2.11. The van der Waals surface area contributed by atoms with Crippen LogP contribution < -0.4 is 10.1 Å². The highest BCUT2D eigenvalue weighted by Crippen LogP contribution is 2.23. The molecule has 2 nitrogen and oxygen atoms in total. The first-order valence-electron chi connectivity index (χ1n) is 5.70. The van der Waals surface area contributed by atoms with Crippen LogP contribution in [0, 0.1) is 5.92 Å². The van der Waals surface area contributed by atoms with Crippen LogP contribution >= 0.6 is 31.9 Å². The predicted octanol–water partition coefficient (Wildman–Crippen LogP) is 3.97. The lowest BCUT2D eigenvalue weighted by molar-refractivity contribution is 0.397. The maximum atomic E-state index is 5.35. The molecule has 1 aromatic rings. The first-order chi connectivity index (χ1) is 8.08. The van der Waals surface area contributed by atoms with Gasteiger partial charge in [0.1, 0.15) is 5.75 Å². The molecule has 0 saturated heterocycles. The second-order valence-corrected chi connectivity index (χ2v) is 5.82. The summed E-state index contributed by atoms with van der Waals surface area (Å²) in [7, 11) is 1.71. The molecule has 0 spiro atoms. The van der Waals surface area contributed by atoms with Gasteiger partial charge in [-0.15, -0.1) is 0 Å². The van der Waals surface area contributed by atoms with Crippen LogP contribution in [-0.2, 0) is 6.54 Å². The maximum absolute atomic E-state index is 5.35. The van der Waals surface area contributed by atoms with Gasteiger partial charge in [-0.1, -0.05) is 38.8 Å². The van der Waals surface area contributed by atoms with Crippen molar-refractivity contribution in [2.24, 2.45) is 5.92 Å². The van der Waals surface area contributed by atoms with Crippen molar-refractivity contribution >= 4 is 31.9 Å². The van der Waals surface area contributed by atoms with Crippen molar-refractivity contribution in [3.05, 3.63) is 28.2 Å². The Bertz CT molecular complexity index is 357. The Morgan fingerprint density at radius 2 is 2.06 bits per heavy atom. The minimum atomic E-state index is 0.470. The Hall–Kier alpha value is -0.0600. The molecule has 0 amide bonds. The van der Waals surface area contributed by atoms with Crippen LogP contribution in [0.1, 0.15) is 19.4 Å². The summed E-state index contributed by atoms with van der Waals surface area (Å²) in [6.45, 7) is 5.25. The molecule has 2 unspecified atom stereocenters. The molecule has 0 aliphatic heterocycles. The number of nitrogens with one attached hydrogen (secondary N) is 1. The SMILES string of the molecule is COc1ccc(Br)cc1CNC(C)C(C)CBr. The third-order valence-electron chi connectivity index (χ3n) is 2.95. The van der Waals surface area contributed by atoms with Crippen LogP contribution in [0.2, 0.25) is 0 Å². The molecule has 0 bridgehead atoms. The zero-order chi connectivity index (χ0) is 12.8. The van der Waals surface area contributed by atoms with E-state index in [-0.39, 0.29) is 0 Å². The van der Waals surface area contributed by atoms with Crippen LogP contribution in [0.4, 0.5) is 0 Å². The molecule has 1 N–H and O–H groups in total. The lowest BCUT2D eigenvalue weighted by atomic mass is 10.1. The summed E-state index contributed by atoms with van der Waals surface area (Å²) in [4.78, 5) is 0. The van der Waals surface area contributed by atoms with Crippen molar-refractivity contribution in [3.8, 4) is 5.75 Å². The number of halogens is 2. The number of hydrogen-bond acceptors (Lipinski definition) is 2. The van der Waals surface area contributed by atoms with Crippen LogP contribution in [0.15, 0.2) is 22.7 Å². The van der Waals surface area contributed by atoms with Gasteiger partial charge in [0.25, 0.3) is 0 Å². The van der Waals surface area contributed by atoms with Gasteiger partial charge in [0.15, 0.2) is 0 Å². The largest absolute Gasteiger partial charge is 0.496 e. The van der Waals surface area contributed by atoms with Gasteiger partial charge in [-0.25, -0.2) is 0 Å². The van der Waals surface area contributed by atoms with E-state index in [1.807, 2.05) is 12.1 Å². The summed E-state index contributed by atoms with van der Waals surface area (Å²) in [6.07, 6.45) is 0. The van der Waals surface area contributed by atoms with Gasteiger partial charge >= 0.3 is 0 Å². The van der Waals surface area contributed by atoms with E-state index in [1.165, 1.54) is 5.56 Å². The molecule has 0 saturated carbocycles. The van der Waals surface area contributed by atoms with E-state index < -0.39 is 0 Å². The molecule has 2 atom stereocenters. The van der Waals surface area contributed by atoms with E-state index in [0.29, 0.717) is 12.0 Å². The Balaban J connectivity index is 2.65. The Morgan fingerprint density at radius 3 is 2.65 bits per heavy atom. The molecule has 96 valence electrons. The third kappa shape index (κ3) is 4.60. The molecule has 0 fully saturated rings. The fourth-order valence-corrected chi connectivity index (χ4v) is 2.46. The van der Waals surface area contributed by atoms with Gasteiger partial charge in [0, 0.05) is 28.0 Å². The minimum absolute atomic E-state index is 0.470. The average molecular weight is 365 g/mol. The topological polar surface area (TPSA) is 21.3 Å². The maximum Gasteiger partial charge on any atom is 0.123 e. The zero-order valence-corrected chi connectivity index (χ0v) is 13.6. The monoisotopic (exact) mass is 363 g/mol. The van der Waals surface area contributed by atoms with Crippen molar-refractivity contribution in [1.82, 2.24) is 5.32 Å².